The fourth-order valence-electron chi connectivity index (χ4n) is 3.03. The molecule has 0 saturated carbocycles. The normalized spacial score (nSPS) is 15.2. The summed E-state index contributed by atoms with van der Waals surface area (Å²) in [6, 6.07) is 8.32. The van der Waals surface area contributed by atoms with Gasteiger partial charge < -0.3 is 9.80 Å². The van der Waals surface area contributed by atoms with Crippen molar-refractivity contribution >= 4 is 27.7 Å². The van der Waals surface area contributed by atoms with Gasteiger partial charge in [-0.2, -0.15) is 0 Å². The lowest BCUT2D eigenvalue weighted by Crippen LogP contribution is -2.36. The van der Waals surface area contributed by atoms with Crippen LogP contribution in [0.5, 0.6) is 0 Å². The molecule has 0 aliphatic carbocycles. The van der Waals surface area contributed by atoms with Gasteiger partial charge in [-0.05, 0) is 58.6 Å². The van der Waals surface area contributed by atoms with E-state index in [9.17, 15) is 9.18 Å². The maximum Gasteiger partial charge on any atom is 0.227 e. The van der Waals surface area contributed by atoms with E-state index in [1.807, 2.05) is 18.0 Å². The van der Waals surface area contributed by atoms with Crippen LogP contribution in [0.1, 0.15) is 17.5 Å². The van der Waals surface area contributed by atoms with Crippen molar-refractivity contribution in [2.24, 2.45) is 0 Å². The number of halogens is 2. The molecule has 1 aromatic carbocycles. The van der Waals surface area contributed by atoms with Gasteiger partial charge in [0.2, 0.25) is 5.91 Å². The van der Waals surface area contributed by atoms with Crippen LogP contribution in [-0.4, -0.2) is 42.0 Å². The van der Waals surface area contributed by atoms with Crippen LogP contribution in [-0.2, 0) is 11.2 Å². The Balaban J connectivity index is 1.62. The molecule has 132 valence electrons. The monoisotopic (exact) mass is 405 g/mol. The van der Waals surface area contributed by atoms with Gasteiger partial charge in [0.05, 0.1) is 6.42 Å². The zero-order valence-electron chi connectivity index (χ0n) is 14.2. The Morgan fingerprint density at radius 2 is 2.08 bits per heavy atom. The van der Waals surface area contributed by atoms with Crippen LogP contribution in [0.4, 0.5) is 10.2 Å². The molecule has 1 fully saturated rings. The van der Waals surface area contributed by atoms with E-state index in [-0.39, 0.29) is 18.1 Å². The number of rotatable bonds is 3. The van der Waals surface area contributed by atoms with Crippen LogP contribution in [0, 0.1) is 12.7 Å². The molecule has 6 heteroatoms. The zero-order valence-corrected chi connectivity index (χ0v) is 15.8. The molecule has 1 aromatic heterocycles. The van der Waals surface area contributed by atoms with Gasteiger partial charge in [-0.15, -0.1) is 0 Å². The minimum absolute atomic E-state index is 0.0485. The van der Waals surface area contributed by atoms with Crippen molar-refractivity contribution in [1.29, 1.82) is 0 Å². The molecule has 1 aliphatic rings. The number of benzene rings is 1. The predicted molar refractivity (Wildman–Crippen MR) is 100 cm³/mol. The number of nitrogens with zero attached hydrogens (tertiary/aromatic N) is 3. The van der Waals surface area contributed by atoms with Crippen LogP contribution in [0.25, 0.3) is 0 Å². The van der Waals surface area contributed by atoms with Gasteiger partial charge in [0, 0.05) is 36.8 Å². The molecule has 2 aromatic rings. The fraction of sp³-hybridized carbons (Fsp3) is 0.368. The first-order chi connectivity index (χ1) is 12.0. The molecule has 0 radical (unpaired) electrons. The van der Waals surface area contributed by atoms with Crippen molar-refractivity contribution in [3.8, 4) is 0 Å². The molecule has 25 heavy (non-hydrogen) atoms. The highest BCUT2D eigenvalue weighted by Gasteiger charge is 2.20. The summed E-state index contributed by atoms with van der Waals surface area (Å²) in [5, 5.41) is 0. The van der Waals surface area contributed by atoms with E-state index in [2.05, 4.69) is 31.9 Å². The minimum Gasteiger partial charge on any atom is -0.355 e. The summed E-state index contributed by atoms with van der Waals surface area (Å²) in [5.41, 5.74) is 1.87. The lowest BCUT2D eigenvalue weighted by molar-refractivity contribution is -0.130. The number of hydrogen-bond acceptors (Lipinski definition) is 3. The Morgan fingerprint density at radius 3 is 2.84 bits per heavy atom. The maximum absolute atomic E-state index is 13.3. The summed E-state index contributed by atoms with van der Waals surface area (Å²) in [6.07, 6.45) is 2.96. The molecule has 0 unspecified atom stereocenters. The third kappa shape index (κ3) is 4.57. The Kier molecular flexibility index (Phi) is 5.68. The SMILES string of the molecule is Cc1cc(N2CCCN(C(=O)Cc3cccc(F)c3)CC2)ncc1Br. The molecular weight excluding hydrogens is 385 g/mol. The van der Waals surface area contributed by atoms with Gasteiger partial charge in [-0.25, -0.2) is 9.37 Å². The molecule has 3 rings (SSSR count). The number of aryl methyl sites for hydroxylation is 1. The molecule has 1 amide bonds. The van der Waals surface area contributed by atoms with Gasteiger partial charge in [0.15, 0.2) is 0 Å². The number of aromatic nitrogens is 1. The Labute approximate surface area is 155 Å². The van der Waals surface area contributed by atoms with Crippen molar-refractivity contribution in [1.82, 2.24) is 9.88 Å². The van der Waals surface area contributed by atoms with E-state index in [4.69, 9.17) is 0 Å². The average Bonchev–Trinajstić information content (AvgIpc) is 2.83. The summed E-state index contributed by atoms with van der Waals surface area (Å²) in [6.45, 7) is 5.05. The highest BCUT2D eigenvalue weighted by atomic mass is 79.9. The Hall–Kier alpha value is -1.95. The fourth-order valence-corrected chi connectivity index (χ4v) is 3.24. The van der Waals surface area contributed by atoms with Crippen LogP contribution in [0.2, 0.25) is 0 Å². The first kappa shape index (κ1) is 17.9. The van der Waals surface area contributed by atoms with E-state index in [0.717, 1.165) is 47.5 Å². The van der Waals surface area contributed by atoms with E-state index in [0.29, 0.717) is 6.54 Å². The van der Waals surface area contributed by atoms with E-state index in [1.54, 1.807) is 12.1 Å². The van der Waals surface area contributed by atoms with Crippen LogP contribution in [0.3, 0.4) is 0 Å². The highest BCUT2D eigenvalue weighted by Crippen LogP contribution is 2.21. The molecule has 0 spiro atoms. The lowest BCUT2D eigenvalue weighted by atomic mass is 10.1. The molecule has 0 bridgehead atoms. The van der Waals surface area contributed by atoms with Gasteiger partial charge in [0.25, 0.3) is 0 Å². The number of carbonyl (C=O) groups is 1. The van der Waals surface area contributed by atoms with Crippen LogP contribution >= 0.6 is 15.9 Å². The number of amides is 1. The van der Waals surface area contributed by atoms with Crippen LogP contribution < -0.4 is 4.90 Å². The Morgan fingerprint density at radius 1 is 1.24 bits per heavy atom. The quantitative estimate of drug-likeness (QED) is 0.782. The average molecular weight is 406 g/mol. The van der Waals surface area contributed by atoms with Crippen molar-refractivity contribution < 1.29 is 9.18 Å². The maximum atomic E-state index is 13.3. The third-order valence-corrected chi connectivity index (χ3v) is 5.28. The van der Waals surface area contributed by atoms with Gasteiger partial charge >= 0.3 is 0 Å². The first-order valence-electron chi connectivity index (χ1n) is 8.42. The summed E-state index contributed by atoms with van der Waals surface area (Å²) in [5.74, 6) is 0.691. The number of anilines is 1. The second-order valence-electron chi connectivity index (χ2n) is 6.32. The topological polar surface area (TPSA) is 36.4 Å². The summed E-state index contributed by atoms with van der Waals surface area (Å²) in [4.78, 5) is 21.1. The molecule has 0 atom stereocenters. The molecule has 4 nitrogen and oxygen atoms in total. The second kappa shape index (κ2) is 7.95. The van der Waals surface area contributed by atoms with Crippen molar-refractivity contribution in [3.05, 3.63) is 57.9 Å². The van der Waals surface area contributed by atoms with Crippen molar-refractivity contribution in [2.75, 3.05) is 31.1 Å². The highest BCUT2D eigenvalue weighted by molar-refractivity contribution is 9.10. The van der Waals surface area contributed by atoms with E-state index >= 15 is 0 Å². The third-order valence-electron chi connectivity index (χ3n) is 4.45. The number of hydrogen-bond donors (Lipinski definition) is 0. The van der Waals surface area contributed by atoms with Gasteiger partial charge in [-0.1, -0.05) is 12.1 Å². The van der Waals surface area contributed by atoms with Crippen molar-refractivity contribution in [3.63, 3.8) is 0 Å². The molecule has 2 heterocycles. The minimum atomic E-state index is -0.302. The number of pyridine rings is 1. The smallest absolute Gasteiger partial charge is 0.227 e. The van der Waals surface area contributed by atoms with E-state index in [1.165, 1.54) is 12.1 Å². The van der Waals surface area contributed by atoms with Gasteiger partial charge in [0.1, 0.15) is 11.6 Å². The molecule has 1 aliphatic heterocycles. The first-order valence-corrected chi connectivity index (χ1v) is 9.21. The number of carbonyl (C=O) groups excluding carboxylic acids is 1. The molecular formula is C19H21BrFN3O. The molecule has 1 saturated heterocycles. The summed E-state index contributed by atoms with van der Waals surface area (Å²) in [7, 11) is 0. The van der Waals surface area contributed by atoms with Gasteiger partial charge in [-0.3, -0.25) is 4.79 Å². The van der Waals surface area contributed by atoms with Crippen LogP contribution in [0.15, 0.2) is 41.0 Å². The second-order valence-corrected chi connectivity index (χ2v) is 7.17. The van der Waals surface area contributed by atoms with Crippen molar-refractivity contribution in [2.45, 2.75) is 19.8 Å². The Bertz CT molecular complexity index is 768. The molecule has 0 N–H and O–H groups in total. The lowest BCUT2D eigenvalue weighted by Gasteiger charge is -2.23. The zero-order chi connectivity index (χ0) is 17.8. The standard InChI is InChI=1S/C19H21BrFN3O/c1-14-10-18(22-13-17(14)20)23-6-3-7-24(9-8-23)19(25)12-15-4-2-5-16(21)11-15/h2,4-5,10-11,13H,3,6-9,12H2,1H3. The predicted octanol–water partition coefficient (Wildman–Crippen LogP) is 3.57. The summed E-state index contributed by atoms with van der Waals surface area (Å²) < 4.78 is 14.3. The van der Waals surface area contributed by atoms with E-state index < -0.39 is 0 Å². The summed E-state index contributed by atoms with van der Waals surface area (Å²) >= 11 is 3.47. The largest absolute Gasteiger partial charge is 0.355 e.